The van der Waals surface area contributed by atoms with E-state index in [4.69, 9.17) is 9.84 Å². The van der Waals surface area contributed by atoms with Crippen molar-refractivity contribution in [3.63, 3.8) is 0 Å². The average Bonchev–Trinajstić information content (AvgIpc) is 2.47. The van der Waals surface area contributed by atoms with Gasteiger partial charge in [0.1, 0.15) is 5.75 Å². The SMILES string of the molecule is COc1ccccc1CC(C)CC(=O)N(C)CCCC(=O)O. The number of ether oxygens (including phenoxy) is 1. The van der Waals surface area contributed by atoms with Crippen LogP contribution in [0.25, 0.3) is 0 Å². The highest BCUT2D eigenvalue weighted by atomic mass is 16.5. The van der Waals surface area contributed by atoms with Crippen molar-refractivity contribution in [3.8, 4) is 5.75 Å². The Morgan fingerprint density at radius 3 is 2.64 bits per heavy atom. The van der Waals surface area contributed by atoms with Gasteiger partial charge in [-0.15, -0.1) is 0 Å². The largest absolute Gasteiger partial charge is 0.496 e. The molecule has 0 aliphatic carbocycles. The minimum Gasteiger partial charge on any atom is -0.496 e. The number of methoxy groups -OCH3 is 1. The first-order valence-electron chi connectivity index (χ1n) is 7.51. The molecule has 0 spiro atoms. The van der Waals surface area contributed by atoms with E-state index in [0.29, 0.717) is 19.4 Å². The Balaban J connectivity index is 2.45. The number of hydrogen-bond acceptors (Lipinski definition) is 3. The summed E-state index contributed by atoms with van der Waals surface area (Å²) >= 11 is 0. The highest BCUT2D eigenvalue weighted by Crippen LogP contribution is 2.22. The molecule has 0 heterocycles. The second-order valence-electron chi connectivity index (χ2n) is 5.64. The number of carboxylic acid groups (broad SMARTS) is 1. The normalized spacial score (nSPS) is 11.8. The maximum atomic E-state index is 12.1. The number of carbonyl (C=O) groups is 2. The molecule has 1 aromatic rings. The summed E-state index contributed by atoms with van der Waals surface area (Å²) in [6, 6.07) is 7.82. The third-order valence-corrected chi connectivity index (χ3v) is 3.59. The van der Waals surface area contributed by atoms with Gasteiger partial charge in [0.15, 0.2) is 0 Å². The molecule has 0 saturated heterocycles. The van der Waals surface area contributed by atoms with Crippen LogP contribution in [0.4, 0.5) is 0 Å². The van der Waals surface area contributed by atoms with Gasteiger partial charge in [-0.05, 0) is 30.4 Å². The van der Waals surface area contributed by atoms with Crippen LogP contribution in [0.5, 0.6) is 5.75 Å². The summed E-state index contributed by atoms with van der Waals surface area (Å²) in [6.07, 6.45) is 1.80. The first-order chi connectivity index (χ1) is 10.4. The summed E-state index contributed by atoms with van der Waals surface area (Å²) in [5.41, 5.74) is 1.10. The van der Waals surface area contributed by atoms with E-state index in [1.54, 1.807) is 19.1 Å². The molecule has 0 aromatic heterocycles. The van der Waals surface area contributed by atoms with Gasteiger partial charge in [0.2, 0.25) is 5.91 Å². The maximum Gasteiger partial charge on any atom is 0.303 e. The minimum atomic E-state index is -0.828. The van der Waals surface area contributed by atoms with E-state index in [-0.39, 0.29) is 18.2 Å². The number of nitrogens with zero attached hydrogens (tertiary/aromatic N) is 1. The second kappa shape index (κ2) is 9.07. The Morgan fingerprint density at radius 1 is 1.32 bits per heavy atom. The third-order valence-electron chi connectivity index (χ3n) is 3.59. The molecule has 1 amide bonds. The van der Waals surface area contributed by atoms with E-state index in [1.165, 1.54) is 0 Å². The Morgan fingerprint density at radius 2 is 2.00 bits per heavy atom. The number of amides is 1. The molecule has 5 nitrogen and oxygen atoms in total. The van der Waals surface area contributed by atoms with E-state index < -0.39 is 5.97 Å². The molecule has 0 bridgehead atoms. The lowest BCUT2D eigenvalue weighted by Gasteiger charge is -2.20. The Kier molecular flexibility index (Phi) is 7.43. The highest BCUT2D eigenvalue weighted by Gasteiger charge is 2.15. The van der Waals surface area contributed by atoms with Gasteiger partial charge in [0.25, 0.3) is 0 Å². The first-order valence-corrected chi connectivity index (χ1v) is 7.51. The summed E-state index contributed by atoms with van der Waals surface area (Å²) in [7, 11) is 3.37. The Bertz CT molecular complexity index is 501. The van der Waals surface area contributed by atoms with Crippen molar-refractivity contribution in [1.29, 1.82) is 0 Å². The van der Waals surface area contributed by atoms with Crippen LogP contribution in [-0.4, -0.2) is 42.6 Å². The van der Waals surface area contributed by atoms with E-state index in [1.807, 2.05) is 31.2 Å². The van der Waals surface area contributed by atoms with E-state index >= 15 is 0 Å². The van der Waals surface area contributed by atoms with Crippen molar-refractivity contribution in [3.05, 3.63) is 29.8 Å². The molecule has 5 heteroatoms. The summed E-state index contributed by atoms with van der Waals surface area (Å²) in [4.78, 5) is 24.2. The van der Waals surface area contributed by atoms with E-state index in [9.17, 15) is 9.59 Å². The van der Waals surface area contributed by atoms with Crippen LogP contribution < -0.4 is 4.74 Å². The van der Waals surface area contributed by atoms with Crippen LogP contribution in [0.1, 0.15) is 31.7 Å². The number of hydrogen-bond donors (Lipinski definition) is 1. The predicted octanol–water partition coefficient (Wildman–Crippen LogP) is 2.59. The van der Waals surface area contributed by atoms with Gasteiger partial charge < -0.3 is 14.7 Å². The molecule has 1 unspecified atom stereocenters. The van der Waals surface area contributed by atoms with Crippen LogP contribution in [0.15, 0.2) is 24.3 Å². The summed E-state index contributed by atoms with van der Waals surface area (Å²) in [5.74, 6) is 0.264. The number of aliphatic carboxylic acids is 1. The monoisotopic (exact) mass is 307 g/mol. The summed E-state index contributed by atoms with van der Waals surface area (Å²) < 4.78 is 5.32. The van der Waals surface area contributed by atoms with Crippen molar-refractivity contribution in [2.24, 2.45) is 5.92 Å². The van der Waals surface area contributed by atoms with Gasteiger partial charge in [0.05, 0.1) is 7.11 Å². The van der Waals surface area contributed by atoms with Crippen molar-refractivity contribution in [2.75, 3.05) is 20.7 Å². The fraction of sp³-hybridized carbons (Fsp3) is 0.529. The molecule has 0 radical (unpaired) electrons. The minimum absolute atomic E-state index is 0.0489. The van der Waals surface area contributed by atoms with Crippen LogP contribution in [0.3, 0.4) is 0 Å². The van der Waals surface area contributed by atoms with Crippen molar-refractivity contribution < 1.29 is 19.4 Å². The lowest BCUT2D eigenvalue weighted by molar-refractivity contribution is -0.138. The fourth-order valence-corrected chi connectivity index (χ4v) is 2.37. The van der Waals surface area contributed by atoms with Gasteiger partial charge in [-0.3, -0.25) is 9.59 Å². The van der Waals surface area contributed by atoms with E-state index in [2.05, 4.69) is 0 Å². The van der Waals surface area contributed by atoms with Gasteiger partial charge >= 0.3 is 5.97 Å². The van der Waals surface area contributed by atoms with Gasteiger partial charge in [-0.1, -0.05) is 25.1 Å². The number of rotatable bonds is 9. The molecule has 0 aliphatic rings. The quantitative estimate of drug-likeness (QED) is 0.761. The lowest BCUT2D eigenvalue weighted by atomic mass is 9.97. The van der Waals surface area contributed by atoms with Crippen LogP contribution in [-0.2, 0) is 16.0 Å². The zero-order valence-corrected chi connectivity index (χ0v) is 13.5. The van der Waals surface area contributed by atoms with Gasteiger partial charge in [0, 0.05) is 26.4 Å². The average molecular weight is 307 g/mol. The van der Waals surface area contributed by atoms with Crippen LogP contribution >= 0.6 is 0 Å². The molecule has 1 atom stereocenters. The van der Waals surface area contributed by atoms with Crippen LogP contribution in [0.2, 0.25) is 0 Å². The molecule has 1 rings (SSSR count). The Labute approximate surface area is 131 Å². The third kappa shape index (κ3) is 6.16. The predicted molar refractivity (Wildman–Crippen MR) is 85.0 cm³/mol. The topological polar surface area (TPSA) is 66.8 Å². The standard InChI is InChI=1S/C17H25NO4/c1-13(11-14-7-4-5-8-15(14)22-3)12-16(19)18(2)10-6-9-17(20)21/h4-5,7-8,13H,6,9-12H2,1-3H3,(H,20,21). The Hall–Kier alpha value is -2.04. The second-order valence-corrected chi connectivity index (χ2v) is 5.64. The molecule has 0 fully saturated rings. The van der Waals surface area contributed by atoms with Crippen molar-refractivity contribution >= 4 is 11.9 Å². The number of carboxylic acids is 1. The molecule has 0 saturated carbocycles. The van der Waals surface area contributed by atoms with E-state index in [0.717, 1.165) is 17.7 Å². The van der Waals surface area contributed by atoms with Gasteiger partial charge in [-0.25, -0.2) is 0 Å². The molecule has 1 N–H and O–H groups in total. The van der Waals surface area contributed by atoms with Crippen LogP contribution in [0, 0.1) is 5.92 Å². The zero-order valence-electron chi connectivity index (χ0n) is 13.5. The summed E-state index contributed by atoms with van der Waals surface area (Å²) in [5, 5.41) is 8.61. The smallest absolute Gasteiger partial charge is 0.303 e. The van der Waals surface area contributed by atoms with Crippen molar-refractivity contribution in [1.82, 2.24) is 4.90 Å². The number of carbonyl (C=O) groups excluding carboxylic acids is 1. The first kappa shape index (κ1) is 18.0. The number of benzene rings is 1. The molecule has 1 aromatic carbocycles. The number of para-hydroxylation sites is 1. The molecule has 0 aliphatic heterocycles. The lowest BCUT2D eigenvalue weighted by Crippen LogP contribution is -2.29. The summed E-state index contributed by atoms with van der Waals surface area (Å²) in [6.45, 7) is 2.52. The van der Waals surface area contributed by atoms with Gasteiger partial charge in [-0.2, -0.15) is 0 Å². The fourth-order valence-electron chi connectivity index (χ4n) is 2.37. The highest BCUT2D eigenvalue weighted by molar-refractivity contribution is 5.76. The molecule has 22 heavy (non-hydrogen) atoms. The molecular weight excluding hydrogens is 282 g/mol. The van der Waals surface area contributed by atoms with Crippen molar-refractivity contribution in [2.45, 2.75) is 32.6 Å². The maximum absolute atomic E-state index is 12.1. The molecular formula is C17H25NO4. The molecule has 122 valence electrons. The zero-order chi connectivity index (χ0) is 16.5.